The van der Waals surface area contributed by atoms with Crippen LogP contribution in [0.1, 0.15) is 12.7 Å². The minimum atomic E-state index is -3.60. The molecule has 1 rings (SSSR count). The molecule has 82 valence electrons. The predicted octanol–water partition coefficient (Wildman–Crippen LogP) is 0.116. The average molecular weight is 228 g/mol. The number of aryl methyl sites for hydroxylation is 1. The molecule has 1 aromatic heterocycles. The van der Waals surface area contributed by atoms with Crippen molar-refractivity contribution in [3.05, 3.63) is 12.0 Å². The maximum Gasteiger partial charge on any atom is 0.260 e. The zero-order valence-corrected chi connectivity index (χ0v) is 9.37. The minimum absolute atomic E-state index is 0.0251. The molecular weight excluding hydrogens is 216 g/mol. The van der Waals surface area contributed by atoms with Gasteiger partial charge in [0.2, 0.25) is 0 Å². The first kappa shape index (κ1) is 11.7. The van der Waals surface area contributed by atoms with E-state index in [9.17, 15) is 8.42 Å². The van der Waals surface area contributed by atoms with Crippen LogP contribution < -0.4 is 0 Å². The summed E-state index contributed by atoms with van der Waals surface area (Å²) in [7, 11) is -2.25. The van der Waals surface area contributed by atoms with Crippen molar-refractivity contribution in [3.63, 3.8) is 0 Å². The topological polar surface area (TPSA) is 89.8 Å². The van der Waals surface area contributed by atoms with E-state index in [0.29, 0.717) is 12.2 Å². The van der Waals surface area contributed by atoms with Gasteiger partial charge in [-0.05, 0) is 0 Å². The quantitative estimate of drug-likeness (QED) is 0.741. The second kappa shape index (κ2) is 4.42. The first-order valence-electron chi connectivity index (χ1n) is 4.39. The molecule has 0 aliphatic carbocycles. The van der Waals surface area contributed by atoms with Crippen LogP contribution in [0.5, 0.6) is 0 Å². The van der Waals surface area contributed by atoms with Crippen molar-refractivity contribution in [2.75, 3.05) is 13.6 Å². The van der Waals surface area contributed by atoms with Gasteiger partial charge in [0, 0.05) is 13.5 Å². The summed E-state index contributed by atoms with van der Waals surface area (Å²) >= 11 is 0. The number of nitriles is 1. The Balaban J connectivity index is 3.01. The molecule has 0 fully saturated rings. The lowest BCUT2D eigenvalue weighted by atomic mass is 10.5. The van der Waals surface area contributed by atoms with E-state index in [1.165, 1.54) is 13.2 Å². The first-order chi connectivity index (χ1) is 7.02. The van der Waals surface area contributed by atoms with Gasteiger partial charge in [0.15, 0.2) is 5.03 Å². The van der Waals surface area contributed by atoms with E-state index in [1.54, 1.807) is 6.07 Å². The lowest BCUT2D eigenvalue weighted by molar-refractivity contribution is 0.498. The Morgan fingerprint density at radius 3 is 2.80 bits per heavy atom. The molecule has 1 N–H and O–H groups in total. The summed E-state index contributed by atoms with van der Waals surface area (Å²) in [6.07, 6.45) is 1.90. The number of hydrogen-bond donors (Lipinski definition) is 1. The predicted molar refractivity (Wildman–Crippen MR) is 53.4 cm³/mol. The van der Waals surface area contributed by atoms with Crippen molar-refractivity contribution >= 4 is 10.0 Å². The number of sulfonamides is 1. The van der Waals surface area contributed by atoms with E-state index in [2.05, 4.69) is 9.97 Å². The second-order valence-corrected chi connectivity index (χ2v) is 4.98. The summed E-state index contributed by atoms with van der Waals surface area (Å²) in [5.41, 5.74) is 0. The fourth-order valence-corrected chi connectivity index (χ4v) is 2.00. The van der Waals surface area contributed by atoms with Gasteiger partial charge in [0.1, 0.15) is 12.4 Å². The molecule has 0 bridgehead atoms. The number of hydrogen-bond acceptors (Lipinski definition) is 4. The standard InChI is InChI=1S/C8H12N4O2S/c1-3-7-10-6-8(11-7)15(13,14)12(2)5-4-9/h6H,3,5H2,1-2H3,(H,10,11). The SMILES string of the molecule is CCc1ncc(S(=O)(=O)N(C)CC#N)[nH]1. The van der Waals surface area contributed by atoms with Gasteiger partial charge in [-0.15, -0.1) is 0 Å². The van der Waals surface area contributed by atoms with E-state index in [0.717, 1.165) is 4.31 Å². The number of nitrogens with one attached hydrogen (secondary N) is 1. The minimum Gasteiger partial charge on any atom is -0.332 e. The van der Waals surface area contributed by atoms with Crippen molar-refractivity contribution in [3.8, 4) is 6.07 Å². The van der Waals surface area contributed by atoms with Crippen LogP contribution in [0.3, 0.4) is 0 Å². The number of rotatable bonds is 4. The molecule has 0 saturated heterocycles. The van der Waals surface area contributed by atoms with Gasteiger partial charge in [0.05, 0.1) is 12.3 Å². The van der Waals surface area contributed by atoms with Gasteiger partial charge in [-0.25, -0.2) is 13.4 Å². The third-order valence-electron chi connectivity index (χ3n) is 1.92. The van der Waals surface area contributed by atoms with Gasteiger partial charge in [-0.3, -0.25) is 0 Å². The Morgan fingerprint density at radius 2 is 2.33 bits per heavy atom. The molecule has 1 aromatic rings. The van der Waals surface area contributed by atoms with Crippen molar-refractivity contribution in [2.45, 2.75) is 18.4 Å². The molecule has 0 amide bonds. The summed E-state index contributed by atoms with van der Waals surface area (Å²) < 4.78 is 24.5. The van der Waals surface area contributed by atoms with Gasteiger partial charge >= 0.3 is 0 Å². The molecule has 0 spiro atoms. The molecule has 0 unspecified atom stereocenters. The molecule has 7 heteroatoms. The van der Waals surface area contributed by atoms with Crippen LogP contribution in [0.4, 0.5) is 0 Å². The second-order valence-electron chi connectivity index (χ2n) is 2.97. The monoisotopic (exact) mass is 228 g/mol. The summed E-state index contributed by atoms with van der Waals surface area (Å²) in [6, 6.07) is 1.78. The Labute approximate surface area is 88.6 Å². The van der Waals surface area contributed by atoms with E-state index in [-0.39, 0.29) is 11.6 Å². The van der Waals surface area contributed by atoms with Crippen LogP contribution in [0.15, 0.2) is 11.2 Å². The summed E-state index contributed by atoms with van der Waals surface area (Å²) in [4.78, 5) is 6.59. The van der Waals surface area contributed by atoms with Crippen LogP contribution in [0.25, 0.3) is 0 Å². The van der Waals surface area contributed by atoms with Gasteiger partial charge in [-0.1, -0.05) is 6.92 Å². The Hall–Kier alpha value is -1.39. The zero-order chi connectivity index (χ0) is 11.5. The molecule has 0 atom stereocenters. The summed E-state index contributed by atoms with van der Waals surface area (Å²) in [6.45, 7) is 1.69. The summed E-state index contributed by atoms with van der Waals surface area (Å²) in [5.74, 6) is 0.610. The van der Waals surface area contributed by atoms with E-state index >= 15 is 0 Å². The number of aromatic nitrogens is 2. The highest BCUT2D eigenvalue weighted by Crippen LogP contribution is 2.11. The fourth-order valence-electron chi connectivity index (χ4n) is 1.01. The van der Waals surface area contributed by atoms with Crippen molar-refractivity contribution in [1.82, 2.24) is 14.3 Å². The molecule has 0 saturated carbocycles. The highest BCUT2D eigenvalue weighted by atomic mass is 32.2. The van der Waals surface area contributed by atoms with Crippen LogP contribution in [0.2, 0.25) is 0 Å². The Bertz CT molecular complexity index is 471. The van der Waals surface area contributed by atoms with E-state index in [1.807, 2.05) is 6.92 Å². The van der Waals surface area contributed by atoms with E-state index in [4.69, 9.17) is 5.26 Å². The maximum atomic E-state index is 11.8. The fraction of sp³-hybridized carbons (Fsp3) is 0.500. The Morgan fingerprint density at radius 1 is 1.67 bits per heavy atom. The molecule has 0 radical (unpaired) electrons. The van der Waals surface area contributed by atoms with Gasteiger partial charge < -0.3 is 4.98 Å². The lowest BCUT2D eigenvalue weighted by Gasteiger charge is -2.10. The smallest absolute Gasteiger partial charge is 0.260 e. The van der Waals surface area contributed by atoms with Crippen LogP contribution >= 0.6 is 0 Å². The highest BCUT2D eigenvalue weighted by molar-refractivity contribution is 7.89. The Kier molecular flexibility index (Phi) is 3.44. The molecule has 15 heavy (non-hydrogen) atoms. The molecule has 0 aliphatic rings. The van der Waals surface area contributed by atoms with Gasteiger partial charge in [0.25, 0.3) is 10.0 Å². The van der Waals surface area contributed by atoms with Crippen LogP contribution in [-0.4, -0.2) is 36.3 Å². The molecule has 0 aromatic carbocycles. The third-order valence-corrected chi connectivity index (χ3v) is 3.63. The number of aromatic amines is 1. The van der Waals surface area contributed by atoms with Crippen LogP contribution in [-0.2, 0) is 16.4 Å². The van der Waals surface area contributed by atoms with Crippen molar-refractivity contribution in [2.24, 2.45) is 0 Å². The van der Waals surface area contributed by atoms with Gasteiger partial charge in [-0.2, -0.15) is 9.57 Å². The third kappa shape index (κ3) is 2.34. The molecule has 0 aliphatic heterocycles. The normalized spacial score (nSPS) is 11.6. The number of H-pyrrole nitrogens is 1. The molecule has 6 nitrogen and oxygen atoms in total. The van der Waals surface area contributed by atoms with Crippen LogP contribution in [0, 0.1) is 11.3 Å². The van der Waals surface area contributed by atoms with E-state index < -0.39 is 10.0 Å². The average Bonchev–Trinajstić information content (AvgIpc) is 2.66. The highest BCUT2D eigenvalue weighted by Gasteiger charge is 2.22. The molecular formula is C8H12N4O2S. The lowest BCUT2D eigenvalue weighted by Crippen LogP contribution is -2.27. The molecule has 1 heterocycles. The summed E-state index contributed by atoms with van der Waals surface area (Å²) in [5, 5.41) is 8.44. The first-order valence-corrected chi connectivity index (χ1v) is 5.83. The van der Waals surface area contributed by atoms with Crippen molar-refractivity contribution < 1.29 is 8.42 Å². The van der Waals surface area contributed by atoms with Crippen molar-refractivity contribution in [1.29, 1.82) is 5.26 Å². The zero-order valence-electron chi connectivity index (χ0n) is 8.56. The number of nitrogens with zero attached hydrogens (tertiary/aromatic N) is 3. The maximum absolute atomic E-state index is 11.8. The largest absolute Gasteiger partial charge is 0.332 e. The number of imidazole rings is 1.